The van der Waals surface area contributed by atoms with Gasteiger partial charge in [-0.25, -0.2) is 0 Å². The van der Waals surface area contributed by atoms with E-state index in [4.69, 9.17) is 4.74 Å². The van der Waals surface area contributed by atoms with Gasteiger partial charge in [0.05, 0.1) is 11.9 Å². The van der Waals surface area contributed by atoms with Crippen molar-refractivity contribution >= 4 is 5.91 Å². The third-order valence-corrected chi connectivity index (χ3v) is 4.40. The molecule has 2 aromatic heterocycles. The van der Waals surface area contributed by atoms with Crippen molar-refractivity contribution in [3.63, 3.8) is 0 Å². The lowest BCUT2D eigenvalue weighted by Gasteiger charge is -2.10. The molecule has 0 saturated heterocycles. The first kappa shape index (κ1) is 18.4. The molecule has 6 nitrogen and oxygen atoms in total. The summed E-state index contributed by atoms with van der Waals surface area (Å²) < 4.78 is 7.49. The molecule has 0 bridgehead atoms. The molecule has 1 amide bonds. The van der Waals surface area contributed by atoms with E-state index >= 15 is 0 Å². The van der Waals surface area contributed by atoms with Gasteiger partial charge < -0.3 is 10.1 Å². The van der Waals surface area contributed by atoms with E-state index in [1.165, 1.54) is 0 Å². The van der Waals surface area contributed by atoms with Crippen molar-refractivity contribution in [3.05, 3.63) is 96.4 Å². The summed E-state index contributed by atoms with van der Waals surface area (Å²) in [6.45, 7) is 0.374. The van der Waals surface area contributed by atoms with E-state index < -0.39 is 0 Å². The van der Waals surface area contributed by atoms with E-state index in [-0.39, 0.29) is 5.91 Å². The van der Waals surface area contributed by atoms with E-state index in [0.717, 1.165) is 22.6 Å². The van der Waals surface area contributed by atoms with Crippen molar-refractivity contribution in [1.29, 1.82) is 0 Å². The first-order valence-electron chi connectivity index (χ1n) is 9.23. The average molecular weight is 384 g/mol. The summed E-state index contributed by atoms with van der Waals surface area (Å²) in [5.74, 6) is 1.28. The van der Waals surface area contributed by atoms with Crippen molar-refractivity contribution in [2.75, 3.05) is 0 Å². The van der Waals surface area contributed by atoms with E-state index in [9.17, 15) is 4.79 Å². The highest BCUT2D eigenvalue weighted by atomic mass is 16.5. The van der Waals surface area contributed by atoms with Crippen molar-refractivity contribution in [1.82, 2.24) is 20.1 Å². The molecule has 2 heterocycles. The monoisotopic (exact) mass is 384 g/mol. The number of hydrogen-bond acceptors (Lipinski definition) is 4. The van der Waals surface area contributed by atoms with Crippen LogP contribution in [0.2, 0.25) is 0 Å². The fourth-order valence-electron chi connectivity index (χ4n) is 2.96. The number of hydrogen-bond donors (Lipinski definition) is 1. The van der Waals surface area contributed by atoms with Crippen LogP contribution < -0.4 is 10.1 Å². The van der Waals surface area contributed by atoms with Gasteiger partial charge in [-0.05, 0) is 48.0 Å². The molecule has 0 saturated carbocycles. The number of pyridine rings is 1. The summed E-state index contributed by atoms with van der Waals surface area (Å²) >= 11 is 0. The molecule has 4 rings (SSSR count). The van der Waals surface area contributed by atoms with Crippen LogP contribution in [0.3, 0.4) is 0 Å². The summed E-state index contributed by atoms with van der Waals surface area (Å²) in [6, 6.07) is 20.4. The fraction of sp³-hybridized carbons (Fsp3) is 0.0870. The number of nitrogens with one attached hydrogen (secondary N) is 1. The molecular weight excluding hydrogens is 364 g/mol. The Morgan fingerprint density at radius 2 is 1.76 bits per heavy atom. The highest BCUT2D eigenvalue weighted by Gasteiger charge is 2.11. The Bertz CT molecular complexity index is 1110. The SMILES string of the molecule is Cn1cc(-c2ncccc2CNC(=O)c2ccc(Oc3ccccc3)cc2)cn1. The van der Waals surface area contributed by atoms with Crippen molar-refractivity contribution in [3.8, 4) is 22.8 Å². The summed E-state index contributed by atoms with van der Waals surface area (Å²) in [6.07, 6.45) is 5.40. The average Bonchev–Trinajstić information content (AvgIpc) is 3.19. The minimum absolute atomic E-state index is 0.155. The number of carbonyl (C=O) groups excluding carboxylic acids is 1. The van der Waals surface area contributed by atoms with Gasteiger partial charge in [0, 0.05) is 37.1 Å². The van der Waals surface area contributed by atoms with Gasteiger partial charge in [0.15, 0.2) is 0 Å². The molecule has 6 heteroatoms. The third-order valence-electron chi connectivity index (χ3n) is 4.40. The molecule has 1 N–H and O–H groups in total. The van der Waals surface area contributed by atoms with Crippen LogP contribution in [0.25, 0.3) is 11.3 Å². The maximum absolute atomic E-state index is 12.6. The zero-order chi connectivity index (χ0) is 20.1. The lowest BCUT2D eigenvalue weighted by Crippen LogP contribution is -2.23. The Morgan fingerprint density at radius 3 is 2.48 bits per heavy atom. The van der Waals surface area contributed by atoms with Crippen LogP contribution in [0.5, 0.6) is 11.5 Å². The molecule has 29 heavy (non-hydrogen) atoms. The maximum atomic E-state index is 12.6. The van der Waals surface area contributed by atoms with Gasteiger partial charge in [0.2, 0.25) is 0 Å². The number of benzene rings is 2. The Hall–Kier alpha value is -3.93. The second-order valence-electron chi connectivity index (χ2n) is 6.54. The van der Waals surface area contributed by atoms with E-state index in [1.54, 1.807) is 41.3 Å². The van der Waals surface area contributed by atoms with Crippen molar-refractivity contribution < 1.29 is 9.53 Å². The van der Waals surface area contributed by atoms with Crippen molar-refractivity contribution in [2.45, 2.75) is 6.54 Å². The molecule has 4 aromatic rings. The lowest BCUT2D eigenvalue weighted by atomic mass is 10.1. The summed E-state index contributed by atoms with van der Waals surface area (Å²) in [5, 5.41) is 7.15. The number of aromatic nitrogens is 3. The van der Waals surface area contributed by atoms with Crippen LogP contribution in [-0.2, 0) is 13.6 Å². The lowest BCUT2D eigenvalue weighted by molar-refractivity contribution is 0.0951. The summed E-state index contributed by atoms with van der Waals surface area (Å²) in [7, 11) is 1.86. The van der Waals surface area contributed by atoms with Crippen LogP contribution in [0, 0.1) is 0 Å². The van der Waals surface area contributed by atoms with Crippen LogP contribution in [0.4, 0.5) is 0 Å². The number of ether oxygens (including phenoxy) is 1. The van der Waals surface area contributed by atoms with Gasteiger partial charge in [-0.15, -0.1) is 0 Å². The molecule has 0 aliphatic heterocycles. The van der Waals surface area contributed by atoms with Gasteiger partial charge >= 0.3 is 0 Å². The second kappa shape index (κ2) is 8.39. The van der Waals surface area contributed by atoms with Gasteiger partial charge in [0.1, 0.15) is 11.5 Å². The minimum atomic E-state index is -0.155. The standard InChI is InChI=1S/C23H20N4O2/c1-27-16-19(15-26-27)22-18(6-5-13-24-22)14-25-23(28)17-9-11-21(12-10-17)29-20-7-3-2-4-8-20/h2-13,15-16H,14H2,1H3,(H,25,28). The maximum Gasteiger partial charge on any atom is 0.251 e. The number of nitrogens with zero attached hydrogens (tertiary/aromatic N) is 3. The van der Waals surface area contributed by atoms with Crippen LogP contribution in [0.15, 0.2) is 85.3 Å². The van der Waals surface area contributed by atoms with Crippen LogP contribution >= 0.6 is 0 Å². The molecule has 0 fully saturated rings. The first-order chi connectivity index (χ1) is 14.2. The molecule has 0 unspecified atom stereocenters. The van der Waals surface area contributed by atoms with Gasteiger partial charge in [-0.3, -0.25) is 14.5 Å². The normalized spacial score (nSPS) is 10.5. The zero-order valence-corrected chi connectivity index (χ0v) is 15.9. The third kappa shape index (κ3) is 4.50. The molecule has 0 aliphatic carbocycles. The van der Waals surface area contributed by atoms with E-state index in [0.29, 0.717) is 17.9 Å². The molecule has 0 aliphatic rings. The second-order valence-corrected chi connectivity index (χ2v) is 6.54. The number of rotatable bonds is 6. The zero-order valence-electron chi connectivity index (χ0n) is 15.9. The Balaban J connectivity index is 1.41. The quantitative estimate of drug-likeness (QED) is 0.541. The Kier molecular flexibility index (Phi) is 5.33. The molecule has 0 spiro atoms. The Labute approximate surface area is 168 Å². The summed E-state index contributed by atoms with van der Waals surface area (Å²) in [5.41, 5.74) is 3.22. The predicted molar refractivity (Wildman–Crippen MR) is 111 cm³/mol. The van der Waals surface area contributed by atoms with E-state index in [2.05, 4.69) is 15.4 Å². The number of para-hydroxylation sites is 1. The van der Waals surface area contributed by atoms with Gasteiger partial charge in [-0.2, -0.15) is 5.10 Å². The number of aryl methyl sites for hydroxylation is 1. The predicted octanol–water partition coefficient (Wildman–Crippen LogP) is 4.20. The fourth-order valence-corrected chi connectivity index (χ4v) is 2.96. The largest absolute Gasteiger partial charge is 0.457 e. The molecule has 2 aromatic carbocycles. The van der Waals surface area contributed by atoms with Crippen LogP contribution in [-0.4, -0.2) is 20.7 Å². The Morgan fingerprint density at radius 1 is 1.00 bits per heavy atom. The molecule has 144 valence electrons. The van der Waals surface area contributed by atoms with Gasteiger partial charge in [0.25, 0.3) is 5.91 Å². The van der Waals surface area contributed by atoms with Crippen LogP contribution in [0.1, 0.15) is 15.9 Å². The molecular formula is C23H20N4O2. The molecule has 0 radical (unpaired) electrons. The smallest absolute Gasteiger partial charge is 0.251 e. The highest BCUT2D eigenvalue weighted by molar-refractivity contribution is 5.94. The highest BCUT2D eigenvalue weighted by Crippen LogP contribution is 2.22. The number of amides is 1. The van der Waals surface area contributed by atoms with Gasteiger partial charge in [-0.1, -0.05) is 24.3 Å². The summed E-state index contributed by atoms with van der Waals surface area (Å²) in [4.78, 5) is 17.0. The minimum Gasteiger partial charge on any atom is -0.457 e. The number of carbonyl (C=O) groups is 1. The first-order valence-corrected chi connectivity index (χ1v) is 9.23. The van der Waals surface area contributed by atoms with E-state index in [1.807, 2.05) is 55.7 Å². The molecule has 0 atom stereocenters. The van der Waals surface area contributed by atoms with Crippen molar-refractivity contribution in [2.24, 2.45) is 7.05 Å². The topological polar surface area (TPSA) is 69.0 Å².